The summed E-state index contributed by atoms with van der Waals surface area (Å²) < 4.78 is 0. The van der Waals surface area contributed by atoms with E-state index in [1.807, 2.05) is 0 Å². The molecule has 140 valence electrons. The summed E-state index contributed by atoms with van der Waals surface area (Å²) in [6.07, 6.45) is 10.2. The fourth-order valence-electron chi connectivity index (χ4n) is 4.17. The van der Waals surface area contributed by atoms with E-state index in [0.717, 1.165) is 6.42 Å². The minimum Gasteiger partial charge on any atom is -1.00 e. The van der Waals surface area contributed by atoms with Gasteiger partial charge in [-0.2, -0.15) is 0 Å². The van der Waals surface area contributed by atoms with Crippen molar-refractivity contribution in [1.29, 1.82) is 0 Å². The Bertz CT molecular complexity index is 566. The highest BCUT2D eigenvalue weighted by Gasteiger charge is 2.33. The van der Waals surface area contributed by atoms with Gasteiger partial charge < -0.3 is 12.4 Å². The van der Waals surface area contributed by atoms with Crippen molar-refractivity contribution in [2.24, 2.45) is 5.41 Å². The van der Waals surface area contributed by atoms with Crippen LogP contribution in [0, 0.1) is 5.41 Å². The van der Waals surface area contributed by atoms with E-state index in [-0.39, 0.29) is 17.8 Å². The van der Waals surface area contributed by atoms with E-state index in [1.54, 1.807) is 0 Å². The van der Waals surface area contributed by atoms with Crippen LogP contribution in [0.3, 0.4) is 0 Å². The normalized spacial score (nSPS) is 17.1. The molecule has 0 heterocycles. The van der Waals surface area contributed by atoms with Crippen LogP contribution in [-0.2, 0) is 0 Å². The number of benzene rings is 1. The summed E-state index contributed by atoms with van der Waals surface area (Å²) in [7, 11) is 0. The Morgan fingerprint density at radius 3 is 2.04 bits per heavy atom. The van der Waals surface area contributed by atoms with Crippen LogP contribution in [0.25, 0.3) is 0 Å². The summed E-state index contributed by atoms with van der Waals surface area (Å²) in [6, 6.07) is 6.76. The van der Waals surface area contributed by atoms with Crippen molar-refractivity contribution in [2.45, 2.75) is 85.0 Å². The maximum atomic E-state index is 4.19. The molecule has 1 aliphatic carbocycles. The minimum absolute atomic E-state index is 0. The van der Waals surface area contributed by atoms with Crippen LogP contribution in [0.15, 0.2) is 30.4 Å². The third kappa shape index (κ3) is 5.71. The smallest absolute Gasteiger partial charge is 0.210 e. The molecule has 0 unspecified atom stereocenters. The number of nitrogens with one attached hydrogen (secondary N) is 1. The molecule has 0 saturated heterocycles. The quantitative estimate of drug-likeness (QED) is 0.591. The molecule has 1 nitrogen and oxygen atoms in total. The third-order valence-corrected chi connectivity index (χ3v) is 5.40. The lowest BCUT2D eigenvalue weighted by Crippen LogP contribution is -3.00. The fourth-order valence-corrected chi connectivity index (χ4v) is 4.17. The lowest BCUT2D eigenvalue weighted by molar-refractivity contribution is -0.355. The average Bonchev–Trinajstić information content (AvgIpc) is 2.52. The number of hydrogen-bond acceptors (Lipinski definition) is 0. The zero-order valence-electron chi connectivity index (χ0n) is 16.8. The lowest BCUT2D eigenvalue weighted by Gasteiger charge is -2.31. The second-order valence-electron chi connectivity index (χ2n) is 8.47. The van der Waals surface area contributed by atoms with Crippen molar-refractivity contribution in [1.82, 2.24) is 0 Å². The van der Waals surface area contributed by atoms with Gasteiger partial charge in [-0.15, -0.1) is 6.58 Å². The molecular formula is C23H36ClN. The zero-order chi connectivity index (χ0) is 17.7. The number of hydrogen-bond donors (Lipinski definition) is 1. The van der Waals surface area contributed by atoms with Crippen LogP contribution in [0.4, 0.5) is 5.69 Å². The number of halogens is 1. The van der Waals surface area contributed by atoms with Gasteiger partial charge in [-0.25, -0.2) is 4.99 Å². The van der Waals surface area contributed by atoms with Crippen molar-refractivity contribution in [3.8, 4) is 0 Å². The average molecular weight is 362 g/mol. The van der Waals surface area contributed by atoms with Gasteiger partial charge in [0.2, 0.25) is 5.69 Å². The predicted octanol–water partition coefficient (Wildman–Crippen LogP) is 2.64. The van der Waals surface area contributed by atoms with Crippen molar-refractivity contribution in [3.63, 3.8) is 0 Å². The monoisotopic (exact) mass is 361 g/mol. The Morgan fingerprint density at radius 2 is 1.60 bits per heavy atom. The Kier molecular flexibility index (Phi) is 8.41. The van der Waals surface area contributed by atoms with Crippen LogP contribution in [0.2, 0.25) is 0 Å². The van der Waals surface area contributed by atoms with Gasteiger partial charge >= 0.3 is 0 Å². The second-order valence-corrected chi connectivity index (χ2v) is 8.47. The van der Waals surface area contributed by atoms with Crippen LogP contribution >= 0.6 is 0 Å². The molecule has 0 aliphatic heterocycles. The summed E-state index contributed by atoms with van der Waals surface area (Å²) in [5, 5.41) is 0. The Balaban J connectivity index is 0.00000312. The molecule has 1 aliphatic rings. The van der Waals surface area contributed by atoms with E-state index in [2.05, 4.69) is 70.6 Å². The number of para-hydroxylation sites is 1. The molecule has 2 heteroatoms. The highest BCUT2D eigenvalue weighted by atomic mass is 35.5. The van der Waals surface area contributed by atoms with E-state index < -0.39 is 0 Å². The van der Waals surface area contributed by atoms with Crippen LogP contribution in [0.1, 0.15) is 96.1 Å². The molecule has 25 heavy (non-hydrogen) atoms. The van der Waals surface area contributed by atoms with Crippen LogP contribution in [0.5, 0.6) is 0 Å². The van der Waals surface area contributed by atoms with E-state index in [4.69, 9.17) is 0 Å². The largest absolute Gasteiger partial charge is 1.00 e. The summed E-state index contributed by atoms with van der Waals surface area (Å²) in [5.74, 6) is 1.06. The molecule has 0 atom stereocenters. The molecule has 2 rings (SSSR count). The van der Waals surface area contributed by atoms with Crippen LogP contribution < -0.4 is 17.4 Å². The highest BCUT2D eigenvalue weighted by molar-refractivity contribution is 5.63. The first-order valence-electron chi connectivity index (χ1n) is 9.73. The van der Waals surface area contributed by atoms with Gasteiger partial charge in [0.1, 0.15) is 6.21 Å². The fraction of sp³-hybridized carbons (Fsp3) is 0.609. The molecule has 0 spiro atoms. The van der Waals surface area contributed by atoms with E-state index in [1.165, 1.54) is 54.5 Å². The molecular weight excluding hydrogens is 326 g/mol. The Labute approximate surface area is 161 Å². The van der Waals surface area contributed by atoms with Crippen molar-refractivity contribution < 1.29 is 17.4 Å². The first-order chi connectivity index (χ1) is 11.3. The molecule has 0 amide bonds. The van der Waals surface area contributed by atoms with Gasteiger partial charge in [0, 0.05) is 11.1 Å². The second kappa shape index (κ2) is 9.57. The van der Waals surface area contributed by atoms with E-state index in [0.29, 0.717) is 11.8 Å². The van der Waals surface area contributed by atoms with Crippen LogP contribution in [-0.4, -0.2) is 6.21 Å². The molecule has 0 radical (unpaired) electrons. The van der Waals surface area contributed by atoms with Gasteiger partial charge in [-0.1, -0.05) is 70.7 Å². The van der Waals surface area contributed by atoms with Gasteiger partial charge in [0.15, 0.2) is 0 Å². The molecule has 0 bridgehead atoms. The Hall–Kier alpha value is -1.08. The maximum absolute atomic E-state index is 4.19. The molecule has 1 saturated carbocycles. The molecule has 0 aromatic heterocycles. The standard InChI is InChI=1S/C23H35N.ClH/c1-17(2)15-23(13-8-7-9-14-23)16-24-22-20(18(3)4)11-10-12-21(22)19(5)6;/h10-12,16,18-19H,1,7-9,13-15H2,2-6H3;1H. The SMILES string of the molecule is C=C(C)CC1(C=[NH+]c2c(C(C)C)cccc2C(C)C)CCCCC1.[Cl-]. The minimum atomic E-state index is 0. The van der Waals surface area contributed by atoms with Gasteiger partial charge in [-0.05, 0) is 38.0 Å². The predicted molar refractivity (Wildman–Crippen MR) is 106 cm³/mol. The summed E-state index contributed by atoms with van der Waals surface area (Å²) in [5.41, 5.74) is 5.78. The molecule has 1 fully saturated rings. The Morgan fingerprint density at radius 1 is 1.08 bits per heavy atom. The van der Waals surface area contributed by atoms with Gasteiger partial charge in [0.05, 0.1) is 5.41 Å². The van der Waals surface area contributed by atoms with E-state index >= 15 is 0 Å². The van der Waals surface area contributed by atoms with Gasteiger partial charge in [0.25, 0.3) is 0 Å². The topological polar surface area (TPSA) is 14.0 Å². The number of allylic oxidation sites excluding steroid dienone is 1. The van der Waals surface area contributed by atoms with Crippen molar-refractivity contribution in [2.75, 3.05) is 0 Å². The molecule has 1 aromatic rings. The van der Waals surface area contributed by atoms with Gasteiger partial charge in [-0.3, -0.25) is 0 Å². The zero-order valence-corrected chi connectivity index (χ0v) is 17.5. The van der Waals surface area contributed by atoms with Crippen molar-refractivity contribution >= 4 is 11.9 Å². The third-order valence-electron chi connectivity index (χ3n) is 5.40. The summed E-state index contributed by atoms with van der Waals surface area (Å²) in [6.45, 7) is 15.5. The maximum Gasteiger partial charge on any atom is 0.210 e. The summed E-state index contributed by atoms with van der Waals surface area (Å²) in [4.78, 5) is 3.79. The first-order valence-corrected chi connectivity index (χ1v) is 9.73. The van der Waals surface area contributed by atoms with Crippen molar-refractivity contribution in [3.05, 3.63) is 41.5 Å². The molecule has 1 N–H and O–H groups in total. The molecule has 1 aromatic carbocycles. The number of rotatable bonds is 6. The van der Waals surface area contributed by atoms with E-state index in [9.17, 15) is 0 Å². The lowest BCUT2D eigenvalue weighted by atomic mass is 9.71. The summed E-state index contributed by atoms with van der Waals surface area (Å²) >= 11 is 0. The first kappa shape index (κ1) is 22.0. The highest BCUT2D eigenvalue weighted by Crippen LogP contribution is 2.39.